The molecule has 2 unspecified atom stereocenters. The molecule has 0 saturated heterocycles. The smallest absolute Gasteiger partial charge is 0.303 e. The van der Waals surface area contributed by atoms with E-state index in [2.05, 4.69) is 5.32 Å². The Balaban J connectivity index is 2.29. The third-order valence-corrected chi connectivity index (χ3v) is 4.32. The summed E-state index contributed by atoms with van der Waals surface area (Å²) < 4.78 is 0. The molecule has 0 heterocycles. The molecular formula is C15H28N2O3. The molecule has 1 saturated carbocycles. The van der Waals surface area contributed by atoms with E-state index in [1.165, 1.54) is 0 Å². The van der Waals surface area contributed by atoms with Gasteiger partial charge in [-0.25, -0.2) is 0 Å². The molecule has 4 N–H and O–H groups in total. The number of carboxylic acids is 1. The standard InChI is InChI=1S/C15H28N2O3/c1-11(5-3-6-12(2)16)14(20)17-10-15(7-4-8-15)9-13(18)19/h11-12H,3-10,16H2,1-2H3,(H,17,20)(H,18,19). The number of hydrogen-bond donors (Lipinski definition) is 3. The van der Waals surface area contributed by atoms with Gasteiger partial charge < -0.3 is 16.2 Å². The second-order valence-electron chi connectivity index (χ2n) is 6.45. The van der Waals surface area contributed by atoms with Crippen molar-refractivity contribution in [2.75, 3.05) is 6.54 Å². The van der Waals surface area contributed by atoms with E-state index in [1.807, 2.05) is 13.8 Å². The lowest BCUT2D eigenvalue weighted by Gasteiger charge is -2.41. The molecule has 0 spiro atoms. The Bertz CT molecular complexity index is 338. The van der Waals surface area contributed by atoms with Crippen LogP contribution in [0.5, 0.6) is 0 Å². The van der Waals surface area contributed by atoms with Crippen LogP contribution in [0.3, 0.4) is 0 Å². The maximum absolute atomic E-state index is 12.0. The molecule has 1 fully saturated rings. The highest BCUT2D eigenvalue weighted by molar-refractivity contribution is 5.78. The van der Waals surface area contributed by atoms with E-state index < -0.39 is 5.97 Å². The summed E-state index contributed by atoms with van der Waals surface area (Å²) in [4.78, 5) is 22.9. The summed E-state index contributed by atoms with van der Waals surface area (Å²) in [6.45, 7) is 4.38. The summed E-state index contributed by atoms with van der Waals surface area (Å²) in [5.41, 5.74) is 5.48. The second kappa shape index (κ2) is 7.62. The monoisotopic (exact) mass is 284 g/mol. The Morgan fingerprint density at radius 2 is 1.95 bits per heavy atom. The van der Waals surface area contributed by atoms with Gasteiger partial charge in [-0.3, -0.25) is 9.59 Å². The SMILES string of the molecule is CC(N)CCCC(C)C(=O)NCC1(CC(=O)O)CCC1. The van der Waals surface area contributed by atoms with Gasteiger partial charge in [0, 0.05) is 18.5 Å². The van der Waals surface area contributed by atoms with Crippen molar-refractivity contribution in [3.05, 3.63) is 0 Å². The number of aliphatic carboxylic acids is 1. The maximum atomic E-state index is 12.0. The highest BCUT2D eigenvalue weighted by Gasteiger charge is 2.39. The molecule has 1 amide bonds. The molecule has 0 aliphatic heterocycles. The first-order valence-electron chi connectivity index (χ1n) is 7.60. The molecule has 1 aliphatic carbocycles. The second-order valence-corrected chi connectivity index (χ2v) is 6.45. The number of carboxylic acid groups (broad SMARTS) is 1. The van der Waals surface area contributed by atoms with Gasteiger partial charge in [0.05, 0.1) is 6.42 Å². The van der Waals surface area contributed by atoms with Crippen LogP contribution in [0.4, 0.5) is 0 Å². The molecule has 0 aromatic rings. The van der Waals surface area contributed by atoms with Crippen LogP contribution < -0.4 is 11.1 Å². The van der Waals surface area contributed by atoms with Crippen molar-refractivity contribution in [3.8, 4) is 0 Å². The number of rotatable bonds is 9. The fraction of sp³-hybridized carbons (Fsp3) is 0.867. The Morgan fingerprint density at radius 1 is 1.30 bits per heavy atom. The number of carbonyl (C=O) groups is 2. The van der Waals surface area contributed by atoms with Crippen molar-refractivity contribution in [1.82, 2.24) is 5.32 Å². The summed E-state index contributed by atoms with van der Waals surface area (Å²) in [5.74, 6) is -0.772. The van der Waals surface area contributed by atoms with Crippen LogP contribution in [0.1, 0.15) is 58.8 Å². The zero-order valence-electron chi connectivity index (χ0n) is 12.7. The zero-order valence-corrected chi connectivity index (χ0v) is 12.7. The van der Waals surface area contributed by atoms with Crippen molar-refractivity contribution >= 4 is 11.9 Å². The van der Waals surface area contributed by atoms with E-state index in [1.54, 1.807) is 0 Å². The van der Waals surface area contributed by atoms with Gasteiger partial charge in [0.15, 0.2) is 0 Å². The first kappa shape index (κ1) is 17.0. The van der Waals surface area contributed by atoms with Crippen LogP contribution in [-0.2, 0) is 9.59 Å². The molecule has 0 bridgehead atoms. The van der Waals surface area contributed by atoms with E-state index in [0.717, 1.165) is 38.5 Å². The molecular weight excluding hydrogens is 256 g/mol. The molecule has 5 nitrogen and oxygen atoms in total. The Kier molecular flexibility index (Phi) is 6.46. The predicted molar refractivity (Wildman–Crippen MR) is 78.2 cm³/mol. The Hall–Kier alpha value is -1.10. The minimum absolute atomic E-state index is 0.0318. The third kappa shape index (κ3) is 5.49. The summed E-state index contributed by atoms with van der Waals surface area (Å²) in [6, 6.07) is 0.180. The van der Waals surface area contributed by atoms with Gasteiger partial charge in [0.1, 0.15) is 0 Å². The molecule has 0 aromatic carbocycles. The fourth-order valence-electron chi connectivity index (χ4n) is 2.74. The topological polar surface area (TPSA) is 92.4 Å². The van der Waals surface area contributed by atoms with Crippen molar-refractivity contribution < 1.29 is 14.7 Å². The number of amides is 1. The van der Waals surface area contributed by atoms with Crippen LogP contribution in [0.2, 0.25) is 0 Å². The minimum Gasteiger partial charge on any atom is -0.481 e. The first-order valence-corrected chi connectivity index (χ1v) is 7.60. The molecule has 1 aliphatic rings. The van der Waals surface area contributed by atoms with Crippen LogP contribution in [-0.4, -0.2) is 29.6 Å². The van der Waals surface area contributed by atoms with E-state index in [0.29, 0.717) is 6.54 Å². The van der Waals surface area contributed by atoms with Crippen molar-refractivity contribution in [2.24, 2.45) is 17.1 Å². The van der Waals surface area contributed by atoms with Gasteiger partial charge in [-0.15, -0.1) is 0 Å². The molecule has 20 heavy (non-hydrogen) atoms. The van der Waals surface area contributed by atoms with Crippen LogP contribution in [0.15, 0.2) is 0 Å². The summed E-state index contributed by atoms with van der Waals surface area (Å²) in [5, 5.41) is 11.9. The lowest BCUT2D eigenvalue weighted by atomic mass is 9.66. The number of nitrogens with one attached hydrogen (secondary N) is 1. The average molecular weight is 284 g/mol. The van der Waals surface area contributed by atoms with Gasteiger partial charge in [-0.2, -0.15) is 0 Å². The van der Waals surface area contributed by atoms with Gasteiger partial charge in [-0.05, 0) is 38.0 Å². The predicted octanol–water partition coefficient (Wildman–Crippen LogP) is 1.90. The zero-order chi connectivity index (χ0) is 15.2. The van der Waals surface area contributed by atoms with Crippen LogP contribution in [0, 0.1) is 11.3 Å². The Morgan fingerprint density at radius 3 is 2.40 bits per heavy atom. The van der Waals surface area contributed by atoms with Crippen LogP contribution in [0.25, 0.3) is 0 Å². The molecule has 2 atom stereocenters. The van der Waals surface area contributed by atoms with E-state index in [-0.39, 0.29) is 29.7 Å². The van der Waals surface area contributed by atoms with Crippen molar-refractivity contribution in [2.45, 2.75) is 64.8 Å². The first-order chi connectivity index (χ1) is 9.34. The highest BCUT2D eigenvalue weighted by Crippen LogP contribution is 2.43. The number of carbonyl (C=O) groups excluding carboxylic acids is 1. The molecule has 1 rings (SSSR count). The third-order valence-electron chi connectivity index (χ3n) is 4.32. The fourth-order valence-corrected chi connectivity index (χ4v) is 2.74. The average Bonchev–Trinajstić information content (AvgIpc) is 2.30. The Labute approximate surface area is 121 Å². The van der Waals surface area contributed by atoms with E-state index >= 15 is 0 Å². The summed E-state index contributed by atoms with van der Waals surface area (Å²) >= 11 is 0. The maximum Gasteiger partial charge on any atom is 0.303 e. The van der Waals surface area contributed by atoms with Gasteiger partial charge >= 0.3 is 5.97 Å². The van der Waals surface area contributed by atoms with Crippen molar-refractivity contribution in [1.29, 1.82) is 0 Å². The van der Waals surface area contributed by atoms with Gasteiger partial charge in [0.25, 0.3) is 0 Å². The van der Waals surface area contributed by atoms with Crippen LogP contribution >= 0.6 is 0 Å². The van der Waals surface area contributed by atoms with E-state index in [9.17, 15) is 9.59 Å². The van der Waals surface area contributed by atoms with E-state index in [4.69, 9.17) is 10.8 Å². The molecule has 5 heteroatoms. The highest BCUT2D eigenvalue weighted by atomic mass is 16.4. The largest absolute Gasteiger partial charge is 0.481 e. The van der Waals surface area contributed by atoms with Gasteiger partial charge in [0.2, 0.25) is 5.91 Å². The summed E-state index contributed by atoms with van der Waals surface area (Å²) in [7, 11) is 0. The number of hydrogen-bond acceptors (Lipinski definition) is 3. The quantitative estimate of drug-likeness (QED) is 0.603. The minimum atomic E-state index is -0.774. The van der Waals surface area contributed by atoms with Gasteiger partial charge in [-0.1, -0.05) is 19.8 Å². The normalized spacial score (nSPS) is 19.8. The summed E-state index contributed by atoms with van der Waals surface area (Å²) in [6.07, 6.45) is 5.74. The lowest BCUT2D eigenvalue weighted by molar-refractivity contribution is -0.142. The molecule has 116 valence electrons. The molecule has 0 aromatic heterocycles. The lowest BCUT2D eigenvalue weighted by Crippen LogP contribution is -2.44. The number of nitrogens with two attached hydrogens (primary N) is 1. The van der Waals surface area contributed by atoms with Crippen molar-refractivity contribution in [3.63, 3.8) is 0 Å². The molecule has 0 radical (unpaired) electrons.